The van der Waals surface area contributed by atoms with Crippen molar-refractivity contribution in [1.82, 2.24) is 4.98 Å². The van der Waals surface area contributed by atoms with Crippen molar-refractivity contribution in [2.75, 3.05) is 4.90 Å². The molecule has 5 heteroatoms. The maximum absolute atomic E-state index is 14.0. The number of hydrogen-bond donors (Lipinski definition) is 0. The van der Waals surface area contributed by atoms with E-state index in [0.29, 0.717) is 28.7 Å². The summed E-state index contributed by atoms with van der Waals surface area (Å²) in [5.74, 6) is 1.05. The quantitative estimate of drug-likeness (QED) is 0.260. The second kappa shape index (κ2) is 9.49. The number of amides is 1. The summed E-state index contributed by atoms with van der Waals surface area (Å²) in [6.45, 7) is 4.55. The van der Waals surface area contributed by atoms with Gasteiger partial charge in [0.1, 0.15) is 11.5 Å². The number of carbonyl (C=O) groups is 1. The highest BCUT2D eigenvalue weighted by atomic mass is 32.1. The minimum atomic E-state index is -0.148. The Hall–Kier alpha value is -3.96. The van der Waals surface area contributed by atoms with E-state index in [0.717, 1.165) is 26.9 Å². The van der Waals surface area contributed by atoms with Crippen LogP contribution in [0.5, 0.6) is 11.5 Å². The molecule has 0 spiro atoms. The number of nitrogens with zero attached hydrogens (tertiary/aromatic N) is 2. The first-order valence-corrected chi connectivity index (χ1v) is 12.0. The van der Waals surface area contributed by atoms with Crippen molar-refractivity contribution in [2.24, 2.45) is 0 Å². The Morgan fingerprint density at radius 2 is 1.47 bits per heavy atom. The number of aryl methyl sites for hydroxylation is 2. The molecule has 0 saturated heterocycles. The number of fused-ring (bicyclic) bond motifs is 1. The van der Waals surface area contributed by atoms with Gasteiger partial charge in [0.15, 0.2) is 5.13 Å². The number of rotatable bonds is 6. The number of para-hydroxylation sites is 2. The summed E-state index contributed by atoms with van der Waals surface area (Å²) in [5, 5.41) is 0.677. The van der Waals surface area contributed by atoms with Crippen LogP contribution in [0.3, 0.4) is 0 Å². The third-order valence-electron chi connectivity index (χ3n) is 5.68. The van der Waals surface area contributed by atoms with Gasteiger partial charge in [0.2, 0.25) is 0 Å². The molecule has 1 aromatic heterocycles. The Balaban J connectivity index is 1.59. The van der Waals surface area contributed by atoms with Gasteiger partial charge in [-0.25, -0.2) is 4.98 Å². The molecular formula is C29H24N2O2S. The summed E-state index contributed by atoms with van der Waals surface area (Å²) >= 11 is 1.55. The molecular weight excluding hydrogens is 440 g/mol. The molecule has 0 N–H and O–H groups in total. The number of ether oxygens (including phenoxy) is 1. The van der Waals surface area contributed by atoms with E-state index in [2.05, 4.69) is 26.0 Å². The number of thiazole rings is 1. The van der Waals surface area contributed by atoms with Crippen molar-refractivity contribution in [3.05, 3.63) is 119 Å². The molecule has 4 aromatic carbocycles. The molecule has 5 rings (SSSR count). The third kappa shape index (κ3) is 4.43. The van der Waals surface area contributed by atoms with Crippen LogP contribution >= 0.6 is 11.3 Å². The zero-order chi connectivity index (χ0) is 23.5. The van der Waals surface area contributed by atoms with Gasteiger partial charge in [-0.1, -0.05) is 84.1 Å². The van der Waals surface area contributed by atoms with Crippen LogP contribution in [0.4, 0.5) is 5.13 Å². The van der Waals surface area contributed by atoms with E-state index in [1.165, 1.54) is 0 Å². The number of benzene rings is 4. The standard InChI is InChI=1S/C29H24N2O2S/c1-20-17-18-21(2)27-26(20)30-29(34-27)31(19-22-11-5-3-6-12-22)28(32)24-15-9-10-16-25(24)33-23-13-7-4-8-14-23/h3-18H,19H2,1-2H3. The van der Waals surface area contributed by atoms with Gasteiger partial charge in [-0.05, 0) is 54.8 Å². The van der Waals surface area contributed by atoms with Crippen LogP contribution < -0.4 is 9.64 Å². The van der Waals surface area contributed by atoms with E-state index >= 15 is 0 Å². The minimum absolute atomic E-state index is 0.148. The highest BCUT2D eigenvalue weighted by Crippen LogP contribution is 2.35. The average Bonchev–Trinajstić information content (AvgIpc) is 3.33. The van der Waals surface area contributed by atoms with E-state index < -0.39 is 0 Å². The van der Waals surface area contributed by atoms with Crippen molar-refractivity contribution in [3.63, 3.8) is 0 Å². The molecule has 0 fully saturated rings. The maximum Gasteiger partial charge on any atom is 0.264 e. The molecule has 0 aliphatic heterocycles. The molecule has 0 atom stereocenters. The fourth-order valence-electron chi connectivity index (χ4n) is 3.85. The molecule has 1 amide bonds. The van der Waals surface area contributed by atoms with Crippen molar-refractivity contribution in [3.8, 4) is 11.5 Å². The first-order valence-electron chi connectivity index (χ1n) is 11.1. The summed E-state index contributed by atoms with van der Waals surface area (Å²) in [7, 11) is 0. The Morgan fingerprint density at radius 3 is 2.21 bits per heavy atom. The smallest absolute Gasteiger partial charge is 0.264 e. The lowest BCUT2D eigenvalue weighted by Crippen LogP contribution is -2.30. The van der Waals surface area contributed by atoms with Crippen molar-refractivity contribution >= 4 is 32.6 Å². The Labute approximate surface area is 203 Å². The van der Waals surface area contributed by atoms with Crippen molar-refractivity contribution in [2.45, 2.75) is 20.4 Å². The lowest BCUT2D eigenvalue weighted by atomic mass is 10.1. The molecule has 0 radical (unpaired) electrons. The summed E-state index contributed by atoms with van der Waals surface area (Å²) in [5.41, 5.74) is 4.73. The van der Waals surface area contributed by atoms with E-state index in [1.54, 1.807) is 16.2 Å². The maximum atomic E-state index is 14.0. The molecule has 34 heavy (non-hydrogen) atoms. The Morgan fingerprint density at radius 1 is 0.824 bits per heavy atom. The van der Waals surface area contributed by atoms with Gasteiger partial charge >= 0.3 is 0 Å². The number of anilines is 1. The third-order valence-corrected chi connectivity index (χ3v) is 6.89. The number of hydrogen-bond acceptors (Lipinski definition) is 4. The van der Waals surface area contributed by atoms with E-state index in [9.17, 15) is 4.79 Å². The largest absolute Gasteiger partial charge is 0.457 e. The normalized spacial score (nSPS) is 10.9. The minimum Gasteiger partial charge on any atom is -0.457 e. The predicted molar refractivity (Wildman–Crippen MR) is 139 cm³/mol. The van der Waals surface area contributed by atoms with E-state index in [4.69, 9.17) is 9.72 Å². The lowest BCUT2D eigenvalue weighted by molar-refractivity contribution is 0.0983. The van der Waals surface area contributed by atoms with Crippen LogP contribution in [0, 0.1) is 13.8 Å². The Kier molecular flexibility index (Phi) is 6.11. The molecule has 0 unspecified atom stereocenters. The molecule has 5 aromatic rings. The number of aromatic nitrogens is 1. The van der Waals surface area contributed by atoms with Gasteiger partial charge < -0.3 is 4.74 Å². The second-order valence-corrected chi connectivity index (χ2v) is 9.14. The molecule has 4 nitrogen and oxygen atoms in total. The van der Waals surface area contributed by atoms with Crippen LogP contribution in [-0.4, -0.2) is 10.9 Å². The summed E-state index contributed by atoms with van der Waals surface area (Å²) in [6, 6.07) is 31.0. The monoisotopic (exact) mass is 464 g/mol. The molecule has 168 valence electrons. The molecule has 1 heterocycles. The predicted octanol–water partition coefficient (Wildman–Crippen LogP) is 7.55. The topological polar surface area (TPSA) is 42.4 Å². The van der Waals surface area contributed by atoms with Gasteiger partial charge in [0.25, 0.3) is 5.91 Å². The van der Waals surface area contributed by atoms with Crippen LogP contribution in [-0.2, 0) is 6.54 Å². The van der Waals surface area contributed by atoms with Gasteiger partial charge in [-0.15, -0.1) is 0 Å². The zero-order valence-electron chi connectivity index (χ0n) is 19.1. The lowest BCUT2D eigenvalue weighted by Gasteiger charge is -2.21. The van der Waals surface area contributed by atoms with E-state index in [1.807, 2.05) is 84.9 Å². The van der Waals surface area contributed by atoms with E-state index in [-0.39, 0.29) is 5.91 Å². The highest BCUT2D eigenvalue weighted by molar-refractivity contribution is 7.22. The average molecular weight is 465 g/mol. The van der Waals surface area contributed by atoms with Crippen molar-refractivity contribution in [1.29, 1.82) is 0 Å². The van der Waals surface area contributed by atoms with Crippen molar-refractivity contribution < 1.29 is 9.53 Å². The van der Waals surface area contributed by atoms with Gasteiger partial charge in [-0.3, -0.25) is 9.69 Å². The summed E-state index contributed by atoms with van der Waals surface area (Å²) in [6.07, 6.45) is 0. The highest BCUT2D eigenvalue weighted by Gasteiger charge is 2.25. The number of carbonyl (C=O) groups excluding carboxylic acids is 1. The van der Waals surface area contributed by atoms with Gasteiger partial charge in [0, 0.05) is 0 Å². The van der Waals surface area contributed by atoms with Crippen LogP contribution in [0.2, 0.25) is 0 Å². The van der Waals surface area contributed by atoms with Gasteiger partial charge in [0.05, 0.1) is 22.3 Å². The van der Waals surface area contributed by atoms with Crippen LogP contribution in [0.15, 0.2) is 97.1 Å². The molecule has 0 bridgehead atoms. The first kappa shape index (κ1) is 21.9. The second-order valence-electron chi connectivity index (χ2n) is 8.16. The molecule has 0 saturated carbocycles. The molecule has 0 aliphatic rings. The summed E-state index contributed by atoms with van der Waals surface area (Å²) in [4.78, 5) is 20.7. The first-order chi connectivity index (χ1) is 16.6. The Bertz CT molecular complexity index is 1410. The molecule has 0 aliphatic carbocycles. The SMILES string of the molecule is Cc1ccc(C)c2sc(N(Cc3ccccc3)C(=O)c3ccccc3Oc3ccccc3)nc12. The fraction of sp³-hybridized carbons (Fsp3) is 0.103. The summed E-state index contributed by atoms with van der Waals surface area (Å²) < 4.78 is 7.21. The fourth-order valence-corrected chi connectivity index (χ4v) is 4.96. The van der Waals surface area contributed by atoms with Crippen LogP contribution in [0.25, 0.3) is 10.2 Å². The zero-order valence-corrected chi connectivity index (χ0v) is 19.9. The van der Waals surface area contributed by atoms with Gasteiger partial charge in [-0.2, -0.15) is 0 Å². The van der Waals surface area contributed by atoms with Crippen LogP contribution in [0.1, 0.15) is 27.0 Å².